The van der Waals surface area contributed by atoms with E-state index in [0.717, 1.165) is 68.8 Å². The molecular weight excluding hydrogens is 483 g/mol. The first-order valence-corrected chi connectivity index (χ1v) is 10.3. The molecule has 2 aliphatic rings. The molecule has 0 aliphatic carbocycles. The van der Waals surface area contributed by atoms with Crippen LogP contribution in [-0.4, -0.2) is 70.0 Å². The van der Waals surface area contributed by atoms with Crippen LogP contribution in [0, 0.1) is 5.92 Å². The Morgan fingerprint density at radius 1 is 1.10 bits per heavy atom. The minimum Gasteiger partial charge on any atom is -0.490 e. The molecule has 29 heavy (non-hydrogen) atoms. The summed E-state index contributed by atoms with van der Waals surface area (Å²) in [5, 5.41) is 6.87. The molecule has 0 amide bonds. The number of nitrogens with zero attached hydrogens (tertiary/aromatic N) is 2. The number of ether oxygens (including phenoxy) is 3. The fourth-order valence-corrected chi connectivity index (χ4v) is 3.62. The number of guanidine groups is 1. The van der Waals surface area contributed by atoms with E-state index >= 15 is 0 Å². The number of hydrogen-bond donors (Lipinski definition) is 2. The van der Waals surface area contributed by atoms with Crippen LogP contribution >= 0.6 is 24.0 Å². The highest BCUT2D eigenvalue weighted by atomic mass is 127. The average Bonchev–Trinajstić information content (AvgIpc) is 2.95. The third-order valence-electron chi connectivity index (χ3n) is 5.04. The maximum Gasteiger partial charge on any atom is 0.195 e. The Bertz CT molecular complexity index is 651. The number of halogens is 1. The van der Waals surface area contributed by atoms with Gasteiger partial charge in [-0.15, -0.1) is 24.0 Å². The maximum absolute atomic E-state index is 5.78. The Morgan fingerprint density at radius 2 is 1.83 bits per heavy atom. The third-order valence-corrected chi connectivity index (χ3v) is 5.04. The minimum absolute atomic E-state index is 0. The molecule has 2 heterocycles. The van der Waals surface area contributed by atoms with Gasteiger partial charge in [-0.2, -0.15) is 0 Å². The number of morpholine rings is 1. The maximum atomic E-state index is 5.78. The topological polar surface area (TPSA) is 67.4 Å². The third kappa shape index (κ3) is 7.49. The fourth-order valence-electron chi connectivity index (χ4n) is 3.62. The van der Waals surface area contributed by atoms with Crippen LogP contribution in [0.5, 0.6) is 11.5 Å². The van der Waals surface area contributed by atoms with Gasteiger partial charge in [0.1, 0.15) is 0 Å². The fraction of sp³-hybridized carbons (Fsp3) is 0.667. The van der Waals surface area contributed by atoms with Crippen LogP contribution in [0.15, 0.2) is 23.2 Å². The van der Waals surface area contributed by atoms with Gasteiger partial charge in [-0.25, -0.2) is 0 Å². The molecule has 164 valence electrons. The van der Waals surface area contributed by atoms with Gasteiger partial charge in [0.15, 0.2) is 17.5 Å². The van der Waals surface area contributed by atoms with E-state index in [1.807, 2.05) is 18.2 Å². The van der Waals surface area contributed by atoms with E-state index in [-0.39, 0.29) is 24.0 Å². The van der Waals surface area contributed by atoms with Crippen LogP contribution in [0.4, 0.5) is 5.69 Å². The van der Waals surface area contributed by atoms with E-state index in [1.54, 1.807) is 7.05 Å². The highest BCUT2D eigenvalue weighted by Gasteiger charge is 2.22. The first-order valence-electron chi connectivity index (χ1n) is 10.3. The lowest BCUT2D eigenvalue weighted by Crippen LogP contribution is -2.50. The van der Waals surface area contributed by atoms with Crippen LogP contribution < -0.4 is 20.1 Å². The lowest BCUT2D eigenvalue weighted by Gasteiger charge is -2.35. The zero-order valence-electron chi connectivity index (χ0n) is 17.8. The number of nitrogens with one attached hydrogen (secondary N) is 2. The van der Waals surface area contributed by atoms with Crippen LogP contribution in [0.25, 0.3) is 0 Å². The predicted molar refractivity (Wildman–Crippen MR) is 128 cm³/mol. The molecule has 0 radical (unpaired) electrons. The Kier molecular flexibility index (Phi) is 10.3. The molecule has 1 aromatic rings. The second kappa shape index (κ2) is 12.4. The molecule has 2 aliphatic heterocycles. The molecule has 1 unspecified atom stereocenters. The SMILES string of the molecule is CN=C(NCC(CC(C)C)N1CCOCC1)Nc1ccc2c(c1)OCCCO2.I. The number of hydrogen-bond acceptors (Lipinski definition) is 5. The molecule has 1 aromatic carbocycles. The van der Waals surface area contributed by atoms with Crippen molar-refractivity contribution in [3.8, 4) is 11.5 Å². The van der Waals surface area contributed by atoms with Crippen molar-refractivity contribution in [1.82, 2.24) is 10.2 Å². The lowest BCUT2D eigenvalue weighted by atomic mass is 10.0. The molecule has 1 fully saturated rings. The predicted octanol–water partition coefficient (Wildman–Crippen LogP) is 3.20. The number of anilines is 1. The molecule has 1 atom stereocenters. The first-order chi connectivity index (χ1) is 13.7. The summed E-state index contributed by atoms with van der Waals surface area (Å²) >= 11 is 0. The molecule has 8 heteroatoms. The van der Waals surface area contributed by atoms with Crippen molar-refractivity contribution in [3.63, 3.8) is 0 Å². The summed E-state index contributed by atoms with van der Waals surface area (Å²) in [6.45, 7) is 10.4. The van der Waals surface area contributed by atoms with Crippen molar-refractivity contribution in [3.05, 3.63) is 18.2 Å². The summed E-state index contributed by atoms with van der Waals surface area (Å²) < 4.78 is 17.0. The Morgan fingerprint density at radius 3 is 2.52 bits per heavy atom. The van der Waals surface area contributed by atoms with Gasteiger partial charge in [-0.3, -0.25) is 9.89 Å². The summed E-state index contributed by atoms with van der Waals surface area (Å²) in [5.41, 5.74) is 0.934. The summed E-state index contributed by atoms with van der Waals surface area (Å²) in [6.07, 6.45) is 2.05. The van der Waals surface area contributed by atoms with Crippen molar-refractivity contribution < 1.29 is 14.2 Å². The number of aliphatic imine (C=N–C) groups is 1. The second-order valence-corrected chi connectivity index (χ2v) is 7.72. The smallest absolute Gasteiger partial charge is 0.195 e. The minimum atomic E-state index is 0. The van der Waals surface area contributed by atoms with E-state index in [2.05, 4.69) is 34.4 Å². The standard InChI is InChI=1S/C21H34N4O3.HI/c1-16(2)13-18(25-7-11-26-12-8-25)15-23-21(22-3)24-17-5-6-19-20(14-17)28-10-4-9-27-19;/h5-6,14,16,18H,4,7-13,15H2,1-3H3,(H2,22,23,24);1H. The molecular formula is C21H35IN4O3. The van der Waals surface area contributed by atoms with Gasteiger partial charge in [0.25, 0.3) is 0 Å². The zero-order chi connectivity index (χ0) is 19.8. The number of rotatable bonds is 6. The van der Waals surface area contributed by atoms with E-state index in [0.29, 0.717) is 25.2 Å². The normalized spacial score (nSPS) is 18.6. The van der Waals surface area contributed by atoms with Crippen molar-refractivity contribution in [2.24, 2.45) is 10.9 Å². The van der Waals surface area contributed by atoms with Crippen molar-refractivity contribution in [2.75, 3.05) is 58.4 Å². The monoisotopic (exact) mass is 518 g/mol. The van der Waals surface area contributed by atoms with Crippen LogP contribution in [0.1, 0.15) is 26.7 Å². The van der Waals surface area contributed by atoms with Gasteiger partial charge in [0.2, 0.25) is 0 Å². The highest BCUT2D eigenvalue weighted by molar-refractivity contribution is 14.0. The largest absolute Gasteiger partial charge is 0.490 e. The van der Waals surface area contributed by atoms with Crippen molar-refractivity contribution in [2.45, 2.75) is 32.7 Å². The Hall–Kier alpha value is -1.26. The van der Waals surface area contributed by atoms with E-state index < -0.39 is 0 Å². The van der Waals surface area contributed by atoms with Gasteiger partial charge >= 0.3 is 0 Å². The van der Waals surface area contributed by atoms with Gasteiger partial charge in [-0.1, -0.05) is 13.8 Å². The average molecular weight is 518 g/mol. The summed E-state index contributed by atoms with van der Waals surface area (Å²) in [4.78, 5) is 6.91. The number of fused-ring (bicyclic) bond motifs is 1. The van der Waals surface area contributed by atoms with Crippen molar-refractivity contribution >= 4 is 35.6 Å². The van der Waals surface area contributed by atoms with Crippen LogP contribution in [0.2, 0.25) is 0 Å². The number of benzene rings is 1. The van der Waals surface area contributed by atoms with Crippen LogP contribution in [0.3, 0.4) is 0 Å². The van der Waals surface area contributed by atoms with E-state index in [4.69, 9.17) is 14.2 Å². The lowest BCUT2D eigenvalue weighted by molar-refractivity contribution is 0.0133. The molecule has 1 saturated heterocycles. The molecule has 0 spiro atoms. The summed E-state index contributed by atoms with van der Waals surface area (Å²) in [6, 6.07) is 6.38. The first kappa shape index (κ1) is 24.0. The zero-order valence-corrected chi connectivity index (χ0v) is 20.1. The Labute approximate surface area is 191 Å². The summed E-state index contributed by atoms with van der Waals surface area (Å²) in [5.74, 6) is 2.99. The van der Waals surface area contributed by atoms with E-state index in [9.17, 15) is 0 Å². The molecule has 2 N–H and O–H groups in total. The quantitative estimate of drug-likeness (QED) is 0.343. The van der Waals surface area contributed by atoms with Gasteiger partial charge in [0.05, 0.1) is 26.4 Å². The van der Waals surface area contributed by atoms with Gasteiger partial charge in [-0.05, 0) is 24.5 Å². The van der Waals surface area contributed by atoms with Gasteiger partial charge in [0, 0.05) is 50.9 Å². The Balaban J connectivity index is 0.00000300. The summed E-state index contributed by atoms with van der Waals surface area (Å²) in [7, 11) is 1.80. The van der Waals surface area contributed by atoms with Crippen LogP contribution in [-0.2, 0) is 4.74 Å². The molecule has 7 nitrogen and oxygen atoms in total. The molecule has 0 aromatic heterocycles. The van der Waals surface area contributed by atoms with Crippen molar-refractivity contribution in [1.29, 1.82) is 0 Å². The second-order valence-electron chi connectivity index (χ2n) is 7.72. The van der Waals surface area contributed by atoms with Gasteiger partial charge < -0.3 is 24.8 Å². The molecule has 3 rings (SSSR count). The highest BCUT2D eigenvalue weighted by Crippen LogP contribution is 2.32. The van der Waals surface area contributed by atoms with E-state index in [1.165, 1.54) is 0 Å². The molecule has 0 bridgehead atoms. The molecule has 0 saturated carbocycles.